The average molecular weight is 282 g/mol. The fraction of sp³-hybridized carbons (Fsp3) is 0.867. The first-order chi connectivity index (χ1) is 9.50. The van der Waals surface area contributed by atoms with Crippen LogP contribution in [0.4, 0.5) is 0 Å². The number of hydrogen-bond donors (Lipinski definition) is 1. The summed E-state index contributed by atoms with van der Waals surface area (Å²) < 4.78 is 5.59. The maximum atomic E-state index is 12.4. The average Bonchev–Trinajstić information content (AvgIpc) is 2.90. The third-order valence-electron chi connectivity index (χ3n) is 4.31. The van der Waals surface area contributed by atoms with Gasteiger partial charge >= 0.3 is 0 Å². The molecule has 2 rings (SSSR count). The van der Waals surface area contributed by atoms with E-state index >= 15 is 0 Å². The Morgan fingerprint density at radius 3 is 2.75 bits per heavy atom. The summed E-state index contributed by atoms with van der Waals surface area (Å²) >= 11 is 0. The Morgan fingerprint density at radius 2 is 2.15 bits per heavy atom. The van der Waals surface area contributed by atoms with Crippen LogP contribution in [0.3, 0.4) is 0 Å². The Balaban J connectivity index is 1.89. The van der Waals surface area contributed by atoms with Crippen LogP contribution in [-0.2, 0) is 14.3 Å². The Labute approximate surface area is 121 Å². The van der Waals surface area contributed by atoms with Gasteiger partial charge in [0, 0.05) is 13.2 Å². The van der Waals surface area contributed by atoms with Gasteiger partial charge < -0.3 is 15.0 Å². The minimum atomic E-state index is -0.374. The summed E-state index contributed by atoms with van der Waals surface area (Å²) in [5.41, 5.74) is 0. The van der Waals surface area contributed by atoms with Crippen LogP contribution in [0.25, 0.3) is 0 Å². The van der Waals surface area contributed by atoms with E-state index < -0.39 is 0 Å². The number of nitrogens with one attached hydrogen (secondary N) is 1. The highest BCUT2D eigenvalue weighted by atomic mass is 16.5. The van der Waals surface area contributed by atoms with E-state index in [9.17, 15) is 9.59 Å². The van der Waals surface area contributed by atoms with Crippen molar-refractivity contribution in [2.24, 2.45) is 5.92 Å². The lowest BCUT2D eigenvalue weighted by molar-refractivity contribution is -0.150. The van der Waals surface area contributed by atoms with Gasteiger partial charge in [-0.25, -0.2) is 0 Å². The van der Waals surface area contributed by atoms with E-state index in [-0.39, 0.29) is 29.8 Å². The molecule has 3 unspecified atom stereocenters. The molecule has 20 heavy (non-hydrogen) atoms. The SMILES string of the molecule is CC(C)C1NC(=O)C(C)N(CCCC2CCCO2)C1=O. The van der Waals surface area contributed by atoms with Gasteiger partial charge in [-0.05, 0) is 38.5 Å². The Morgan fingerprint density at radius 1 is 1.40 bits per heavy atom. The van der Waals surface area contributed by atoms with Crippen LogP contribution >= 0.6 is 0 Å². The van der Waals surface area contributed by atoms with Gasteiger partial charge in [0.05, 0.1) is 6.10 Å². The number of amides is 2. The molecule has 2 saturated heterocycles. The third-order valence-corrected chi connectivity index (χ3v) is 4.31. The molecule has 2 heterocycles. The minimum absolute atomic E-state index is 0.0413. The van der Waals surface area contributed by atoms with Crippen molar-refractivity contribution in [2.75, 3.05) is 13.2 Å². The second-order valence-electron chi connectivity index (χ2n) is 6.22. The van der Waals surface area contributed by atoms with E-state index in [1.54, 1.807) is 11.8 Å². The van der Waals surface area contributed by atoms with Crippen molar-refractivity contribution < 1.29 is 14.3 Å². The van der Waals surface area contributed by atoms with Crippen LogP contribution in [0.1, 0.15) is 46.5 Å². The highest BCUT2D eigenvalue weighted by Crippen LogP contribution is 2.19. The second kappa shape index (κ2) is 6.57. The van der Waals surface area contributed by atoms with Crippen molar-refractivity contribution in [3.8, 4) is 0 Å². The fourth-order valence-electron chi connectivity index (χ4n) is 2.96. The first-order valence-electron chi connectivity index (χ1n) is 7.73. The zero-order valence-electron chi connectivity index (χ0n) is 12.7. The molecule has 0 aromatic rings. The zero-order valence-corrected chi connectivity index (χ0v) is 12.7. The monoisotopic (exact) mass is 282 g/mol. The number of hydrogen-bond acceptors (Lipinski definition) is 3. The predicted molar refractivity (Wildman–Crippen MR) is 76.2 cm³/mol. The smallest absolute Gasteiger partial charge is 0.246 e. The van der Waals surface area contributed by atoms with Crippen molar-refractivity contribution >= 4 is 11.8 Å². The van der Waals surface area contributed by atoms with Crippen LogP contribution < -0.4 is 5.32 Å². The summed E-state index contributed by atoms with van der Waals surface area (Å²) in [6.07, 6.45) is 4.49. The van der Waals surface area contributed by atoms with Gasteiger partial charge in [-0.3, -0.25) is 9.59 Å². The Hall–Kier alpha value is -1.10. The molecule has 2 amide bonds. The lowest BCUT2D eigenvalue weighted by atomic mass is 9.98. The molecule has 2 aliphatic heterocycles. The molecular formula is C15H26N2O3. The van der Waals surface area contributed by atoms with Crippen molar-refractivity contribution in [3.05, 3.63) is 0 Å². The fourth-order valence-corrected chi connectivity index (χ4v) is 2.96. The van der Waals surface area contributed by atoms with Crippen molar-refractivity contribution in [3.63, 3.8) is 0 Å². The normalized spacial score (nSPS) is 31.0. The summed E-state index contributed by atoms with van der Waals surface area (Å²) in [5, 5.41) is 2.82. The van der Waals surface area contributed by atoms with Crippen molar-refractivity contribution in [1.29, 1.82) is 0 Å². The summed E-state index contributed by atoms with van der Waals surface area (Å²) in [4.78, 5) is 26.1. The van der Waals surface area contributed by atoms with Crippen molar-refractivity contribution in [2.45, 2.75) is 64.6 Å². The van der Waals surface area contributed by atoms with Crippen LogP contribution in [0.2, 0.25) is 0 Å². The van der Waals surface area contributed by atoms with Gasteiger partial charge in [0.15, 0.2) is 0 Å². The Kier molecular flexibility index (Phi) is 5.02. The van der Waals surface area contributed by atoms with Crippen LogP contribution in [-0.4, -0.2) is 48.1 Å². The standard InChI is InChI=1S/C15H26N2O3/c1-10(2)13-15(19)17(11(3)14(18)16-13)8-4-6-12-7-5-9-20-12/h10-13H,4-9H2,1-3H3,(H,16,18). The molecule has 0 aliphatic carbocycles. The van der Waals surface area contributed by atoms with E-state index in [1.165, 1.54) is 0 Å². The molecular weight excluding hydrogens is 256 g/mol. The van der Waals surface area contributed by atoms with E-state index in [2.05, 4.69) is 5.32 Å². The first-order valence-corrected chi connectivity index (χ1v) is 7.73. The molecule has 5 nitrogen and oxygen atoms in total. The molecule has 5 heteroatoms. The van der Waals surface area contributed by atoms with Crippen LogP contribution in [0, 0.1) is 5.92 Å². The summed E-state index contributed by atoms with van der Waals surface area (Å²) in [5.74, 6) is 0.138. The number of carbonyl (C=O) groups is 2. The van der Waals surface area contributed by atoms with Gasteiger partial charge in [0.2, 0.25) is 11.8 Å². The van der Waals surface area contributed by atoms with Gasteiger partial charge in [-0.15, -0.1) is 0 Å². The van der Waals surface area contributed by atoms with Gasteiger partial charge in [-0.1, -0.05) is 13.8 Å². The lowest BCUT2D eigenvalue weighted by Gasteiger charge is -2.39. The molecule has 3 atom stereocenters. The summed E-state index contributed by atoms with van der Waals surface area (Å²) in [6, 6.07) is -0.733. The van der Waals surface area contributed by atoms with E-state index in [0.717, 1.165) is 32.3 Å². The van der Waals surface area contributed by atoms with Gasteiger partial charge in [-0.2, -0.15) is 0 Å². The van der Waals surface area contributed by atoms with Crippen molar-refractivity contribution in [1.82, 2.24) is 10.2 Å². The molecule has 0 bridgehead atoms. The van der Waals surface area contributed by atoms with E-state index in [0.29, 0.717) is 12.6 Å². The molecule has 2 aliphatic rings. The highest BCUT2D eigenvalue weighted by Gasteiger charge is 2.39. The van der Waals surface area contributed by atoms with E-state index in [1.807, 2.05) is 13.8 Å². The quantitative estimate of drug-likeness (QED) is 0.827. The summed E-state index contributed by atoms with van der Waals surface area (Å²) in [6.45, 7) is 7.24. The highest BCUT2D eigenvalue weighted by molar-refractivity contribution is 5.96. The minimum Gasteiger partial charge on any atom is -0.378 e. The topological polar surface area (TPSA) is 58.6 Å². The molecule has 0 radical (unpaired) electrons. The predicted octanol–water partition coefficient (Wildman–Crippen LogP) is 1.32. The zero-order chi connectivity index (χ0) is 14.7. The number of nitrogens with zero attached hydrogens (tertiary/aromatic N) is 1. The number of rotatable bonds is 5. The lowest BCUT2D eigenvalue weighted by Crippen LogP contribution is -2.63. The number of carbonyl (C=O) groups excluding carboxylic acids is 2. The third kappa shape index (κ3) is 3.32. The molecule has 1 N–H and O–H groups in total. The van der Waals surface area contributed by atoms with Crippen LogP contribution in [0.15, 0.2) is 0 Å². The molecule has 0 saturated carbocycles. The molecule has 114 valence electrons. The van der Waals surface area contributed by atoms with E-state index in [4.69, 9.17) is 4.74 Å². The maximum Gasteiger partial charge on any atom is 0.246 e. The van der Waals surface area contributed by atoms with Gasteiger partial charge in [0.1, 0.15) is 12.1 Å². The van der Waals surface area contributed by atoms with Crippen LogP contribution in [0.5, 0.6) is 0 Å². The molecule has 0 aromatic carbocycles. The largest absolute Gasteiger partial charge is 0.378 e. The first kappa shape index (κ1) is 15.3. The molecule has 2 fully saturated rings. The molecule has 0 aromatic heterocycles. The maximum absolute atomic E-state index is 12.4. The molecule has 0 spiro atoms. The van der Waals surface area contributed by atoms with Gasteiger partial charge in [0.25, 0.3) is 0 Å². The second-order valence-corrected chi connectivity index (χ2v) is 6.22. The number of piperazine rings is 1. The summed E-state index contributed by atoms with van der Waals surface area (Å²) in [7, 11) is 0. The Bertz CT molecular complexity index is 364. The number of ether oxygens (including phenoxy) is 1.